The van der Waals surface area contributed by atoms with Crippen molar-refractivity contribution in [2.24, 2.45) is 0 Å². The molecule has 0 bridgehead atoms. The number of aromatic nitrogens is 1. The van der Waals surface area contributed by atoms with Crippen molar-refractivity contribution in [3.8, 4) is 11.3 Å². The van der Waals surface area contributed by atoms with E-state index in [-0.39, 0.29) is 11.2 Å². The van der Waals surface area contributed by atoms with Crippen LogP contribution in [-0.4, -0.2) is 10.8 Å². The molecule has 0 amide bonds. The van der Waals surface area contributed by atoms with Gasteiger partial charge in [-0.3, -0.25) is 4.79 Å². The SMILES string of the molecule is C[C@]1(Cc2c(-c3ccccc3)[nH]c3ccc(Cl)cc23)CC(=O)c2ccccc21. The van der Waals surface area contributed by atoms with E-state index < -0.39 is 0 Å². The maximum absolute atomic E-state index is 12.7. The van der Waals surface area contributed by atoms with Gasteiger partial charge in [0.1, 0.15) is 0 Å². The molecule has 5 rings (SSSR count). The molecule has 1 aliphatic carbocycles. The molecule has 0 unspecified atom stereocenters. The molecule has 1 aromatic heterocycles. The summed E-state index contributed by atoms with van der Waals surface area (Å²) in [6, 6.07) is 24.4. The summed E-state index contributed by atoms with van der Waals surface area (Å²) in [5.74, 6) is 0.234. The Kier molecular flexibility index (Phi) is 3.92. The van der Waals surface area contributed by atoms with Crippen molar-refractivity contribution < 1.29 is 4.79 Å². The normalized spacial score (nSPS) is 18.6. The first-order valence-electron chi connectivity index (χ1n) is 9.53. The summed E-state index contributed by atoms with van der Waals surface area (Å²) >= 11 is 6.33. The Morgan fingerprint density at radius 1 is 1.00 bits per heavy atom. The minimum atomic E-state index is -0.228. The Balaban J connectivity index is 1.71. The van der Waals surface area contributed by atoms with E-state index in [0.717, 1.165) is 44.7 Å². The molecule has 4 aromatic rings. The third-order valence-electron chi connectivity index (χ3n) is 5.93. The highest BCUT2D eigenvalue weighted by atomic mass is 35.5. The predicted molar refractivity (Wildman–Crippen MR) is 115 cm³/mol. The van der Waals surface area contributed by atoms with Crippen molar-refractivity contribution in [3.05, 3.63) is 94.5 Å². The Bertz CT molecular complexity index is 1210. The van der Waals surface area contributed by atoms with Gasteiger partial charge in [-0.2, -0.15) is 0 Å². The average Bonchev–Trinajstić information content (AvgIpc) is 3.18. The molecule has 28 heavy (non-hydrogen) atoms. The van der Waals surface area contributed by atoms with Crippen LogP contribution in [0.4, 0.5) is 0 Å². The smallest absolute Gasteiger partial charge is 0.164 e. The number of nitrogens with one attached hydrogen (secondary N) is 1. The van der Waals surface area contributed by atoms with E-state index >= 15 is 0 Å². The lowest BCUT2D eigenvalue weighted by atomic mass is 9.77. The summed E-state index contributed by atoms with van der Waals surface area (Å²) in [4.78, 5) is 16.2. The summed E-state index contributed by atoms with van der Waals surface area (Å²) in [5.41, 5.74) is 6.32. The maximum Gasteiger partial charge on any atom is 0.164 e. The summed E-state index contributed by atoms with van der Waals surface area (Å²) in [7, 11) is 0. The average molecular weight is 386 g/mol. The van der Waals surface area contributed by atoms with Crippen molar-refractivity contribution >= 4 is 28.3 Å². The van der Waals surface area contributed by atoms with E-state index in [9.17, 15) is 4.79 Å². The Morgan fingerprint density at radius 3 is 2.57 bits per heavy atom. The highest BCUT2D eigenvalue weighted by Crippen LogP contribution is 2.44. The fourth-order valence-corrected chi connectivity index (χ4v) is 4.77. The lowest BCUT2D eigenvalue weighted by Gasteiger charge is -2.25. The second kappa shape index (κ2) is 6.35. The number of rotatable bonds is 3. The first-order chi connectivity index (χ1) is 13.5. The molecular weight excluding hydrogens is 366 g/mol. The van der Waals surface area contributed by atoms with Crippen LogP contribution in [0.25, 0.3) is 22.2 Å². The van der Waals surface area contributed by atoms with Gasteiger partial charge in [-0.25, -0.2) is 0 Å². The number of aromatic amines is 1. The van der Waals surface area contributed by atoms with Gasteiger partial charge >= 0.3 is 0 Å². The van der Waals surface area contributed by atoms with Gasteiger partial charge in [-0.1, -0.05) is 73.1 Å². The van der Waals surface area contributed by atoms with Crippen LogP contribution in [0.3, 0.4) is 0 Å². The van der Waals surface area contributed by atoms with Crippen LogP contribution in [0, 0.1) is 0 Å². The van der Waals surface area contributed by atoms with E-state index in [1.165, 1.54) is 5.56 Å². The van der Waals surface area contributed by atoms with Gasteiger partial charge in [0.25, 0.3) is 0 Å². The van der Waals surface area contributed by atoms with Gasteiger partial charge in [0.2, 0.25) is 0 Å². The molecule has 3 aromatic carbocycles. The first-order valence-corrected chi connectivity index (χ1v) is 9.91. The van der Waals surface area contributed by atoms with Crippen molar-refractivity contribution in [1.82, 2.24) is 4.98 Å². The van der Waals surface area contributed by atoms with Crippen LogP contribution < -0.4 is 0 Å². The van der Waals surface area contributed by atoms with Gasteiger partial charge < -0.3 is 4.98 Å². The molecule has 0 aliphatic heterocycles. The fourth-order valence-electron chi connectivity index (χ4n) is 4.60. The number of Topliss-reactive ketones (excluding diaryl/α,β-unsaturated/α-hetero) is 1. The number of carbonyl (C=O) groups is 1. The molecule has 0 saturated carbocycles. The molecule has 1 aliphatic rings. The number of hydrogen-bond acceptors (Lipinski definition) is 1. The lowest BCUT2D eigenvalue weighted by molar-refractivity contribution is 0.0976. The van der Waals surface area contributed by atoms with Gasteiger partial charge in [0, 0.05) is 39.0 Å². The fraction of sp³-hybridized carbons (Fsp3) is 0.160. The minimum absolute atomic E-state index is 0.228. The van der Waals surface area contributed by atoms with Crippen molar-refractivity contribution in [3.63, 3.8) is 0 Å². The maximum atomic E-state index is 12.7. The number of benzene rings is 3. The van der Waals surface area contributed by atoms with Gasteiger partial charge in [0.15, 0.2) is 5.78 Å². The third-order valence-corrected chi connectivity index (χ3v) is 6.16. The number of halogens is 1. The lowest BCUT2D eigenvalue weighted by Crippen LogP contribution is -2.22. The molecule has 0 saturated heterocycles. The highest BCUT2D eigenvalue weighted by Gasteiger charge is 2.40. The monoisotopic (exact) mass is 385 g/mol. The van der Waals surface area contributed by atoms with Gasteiger partial charge in [-0.05, 0) is 41.3 Å². The second-order valence-electron chi connectivity index (χ2n) is 7.92. The molecule has 3 heteroatoms. The molecule has 1 atom stereocenters. The van der Waals surface area contributed by atoms with E-state index in [1.54, 1.807) is 0 Å². The Labute approximate surface area is 169 Å². The topological polar surface area (TPSA) is 32.9 Å². The van der Waals surface area contributed by atoms with E-state index in [0.29, 0.717) is 6.42 Å². The summed E-state index contributed by atoms with van der Waals surface area (Å²) < 4.78 is 0. The van der Waals surface area contributed by atoms with Crippen molar-refractivity contribution in [1.29, 1.82) is 0 Å². The molecule has 138 valence electrons. The number of hydrogen-bond donors (Lipinski definition) is 1. The summed E-state index contributed by atoms with van der Waals surface area (Å²) in [6.45, 7) is 2.20. The standard InChI is InChI=1S/C25H20ClNO/c1-25(15-23(28)18-9-5-6-10-21(18)25)14-20-19-13-17(26)11-12-22(19)27-24(20)16-7-3-2-4-8-16/h2-13,27H,14-15H2,1H3/t25-/m0/s1. The quantitative estimate of drug-likeness (QED) is 0.424. The van der Waals surface area contributed by atoms with Gasteiger partial charge in [0.05, 0.1) is 0 Å². The van der Waals surface area contributed by atoms with E-state index in [4.69, 9.17) is 11.6 Å². The Morgan fingerprint density at radius 2 is 1.75 bits per heavy atom. The summed E-state index contributed by atoms with van der Waals surface area (Å²) in [5, 5.41) is 1.85. The zero-order chi connectivity index (χ0) is 19.3. The molecule has 1 heterocycles. The summed E-state index contributed by atoms with van der Waals surface area (Å²) in [6.07, 6.45) is 1.31. The number of fused-ring (bicyclic) bond motifs is 2. The van der Waals surface area contributed by atoms with Crippen LogP contribution in [0.5, 0.6) is 0 Å². The highest BCUT2D eigenvalue weighted by molar-refractivity contribution is 6.31. The van der Waals surface area contributed by atoms with Crippen LogP contribution in [0.15, 0.2) is 72.8 Å². The zero-order valence-electron chi connectivity index (χ0n) is 15.6. The second-order valence-corrected chi connectivity index (χ2v) is 8.35. The molecule has 0 fully saturated rings. The number of carbonyl (C=O) groups excluding carboxylic acids is 1. The van der Waals surface area contributed by atoms with Crippen LogP contribution in [0.2, 0.25) is 5.02 Å². The largest absolute Gasteiger partial charge is 0.354 e. The van der Waals surface area contributed by atoms with Crippen LogP contribution in [0.1, 0.15) is 34.8 Å². The van der Waals surface area contributed by atoms with E-state index in [1.807, 2.05) is 54.6 Å². The van der Waals surface area contributed by atoms with Crippen LogP contribution in [-0.2, 0) is 11.8 Å². The first kappa shape index (κ1) is 17.3. The number of H-pyrrole nitrogens is 1. The predicted octanol–water partition coefficient (Wildman–Crippen LogP) is 6.58. The van der Waals surface area contributed by atoms with Crippen molar-refractivity contribution in [2.45, 2.75) is 25.2 Å². The Hall–Kier alpha value is -2.84. The minimum Gasteiger partial charge on any atom is -0.354 e. The molecule has 2 nitrogen and oxygen atoms in total. The van der Waals surface area contributed by atoms with E-state index in [2.05, 4.69) is 30.1 Å². The third kappa shape index (κ3) is 2.68. The molecule has 1 N–H and O–H groups in total. The van der Waals surface area contributed by atoms with Crippen LogP contribution >= 0.6 is 11.6 Å². The molecule has 0 radical (unpaired) electrons. The van der Waals surface area contributed by atoms with Gasteiger partial charge in [-0.15, -0.1) is 0 Å². The molecular formula is C25H20ClNO. The molecule has 0 spiro atoms. The number of ketones is 1. The zero-order valence-corrected chi connectivity index (χ0v) is 16.4. The van der Waals surface area contributed by atoms with Crippen molar-refractivity contribution in [2.75, 3.05) is 0 Å².